The number of methoxy groups -OCH3 is 1. The molecule has 1 heterocycles. The van der Waals surface area contributed by atoms with Gasteiger partial charge >= 0.3 is 0 Å². The molecule has 1 aromatic carbocycles. The Hall–Kier alpha value is -1.27. The first-order valence-corrected chi connectivity index (χ1v) is 7.37. The van der Waals surface area contributed by atoms with Crippen LogP contribution >= 0.6 is 15.9 Å². The molecular weight excluding hydrogens is 324 g/mol. The van der Waals surface area contributed by atoms with Crippen molar-refractivity contribution >= 4 is 27.5 Å². The second-order valence-corrected chi connectivity index (χ2v) is 5.51. The van der Waals surface area contributed by atoms with Crippen molar-refractivity contribution in [3.05, 3.63) is 22.7 Å². The zero-order chi connectivity index (χ0) is 14.5. The zero-order valence-corrected chi connectivity index (χ0v) is 13.3. The van der Waals surface area contributed by atoms with Gasteiger partial charge in [0.05, 0.1) is 24.8 Å². The highest BCUT2D eigenvalue weighted by atomic mass is 79.9. The van der Waals surface area contributed by atoms with Gasteiger partial charge in [0.25, 0.3) is 0 Å². The van der Waals surface area contributed by atoms with Crippen LogP contribution in [0.2, 0.25) is 0 Å². The van der Waals surface area contributed by atoms with Crippen molar-refractivity contribution < 1.29 is 14.3 Å². The molecule has 1 aromatic rings. The molecule has 6 heteroatoms. The predicted octanol–water partition coefficient (Wildman–Crippen LogP) is 2.12. The maximum atomic E-state index is 12.3. The van der Waals surface area contributed by atoms with Crippen LogP contribution in [0.25, 0.3) is 0 Å². The van der Waals surface area contributed by atoms with E-state index in [9.17, 15) is 4.79 Å². The fourth-order valence-electron chi connectivity index (χ4n) is 2.13. The van der Waals surface area contributed by atoms with Crippen LogP contribution in [0.5, 0.6) is 5.75 Å². The Kier molecular flexibility index (Phi) is 5.25. The summed E-state index contributed by atoms with van der Waals surface area (Å²) in [7, 11) is 1.62. The van der Waals surface area contributed by atoms with Crippen LogP contribution in [0.1, 0.15) is 6.92 Å². The molecule has 1 atom stereocenters. The molecule has 1 N–H and O–H groups in total. The number of carbonyl (C=O) groups excluding carboxylic acids is 1. The molecule has 1 saturated heterocycles. The lowest BCUT2D eigenvalue weighted by Gasteiger charge is -2.29. The molecule has 20 heavy (non-hydrogen) atoms. The van der Waals surface area contributed by atoms with E-state index in [2.05, 4.69) is 21.2 Å². The minimum Gasteiger partial charge on any atom is -0.496 e. The molecular formula is C14H19BrN2O3. The summed E-state index contributed by atoms with van der Waals surface area (Å²) in [6, 6.07) is 5.39. The highest BCUT2D eigenvalue weighted by Gasteiger charge is 2.22. The van der Waals surface area contributed by atoms with E-state index in [-0.39, 0.29) is 11.9 Å². The number of carbonyl (C=O) groups is 1. The monoisotopic (exact) mass is 342 g/mol. The van der Waals surface area contributed by atoms with Gasteiger partial charge in [0.1, 0.15) is 11.8 Å². The number of morpholine rings is 1. The summed E-state index contributed by atoms with van der Waals surface area (Å²) in [6.45, 7) is 4.43. The number of benzene rings is 1. The number of rotatable bonds is 4. The third-order valence-electron chi connectivity index (χ3n) is 3.23. The summed E-state index contributed by atoms with van der Waals surface area (Å²) in [5.41, 5.74) is 0.881. The van der Waals surface area contributed by atoms with Crippen LogP contribution in [0.3, 0.4) is 0 Å². The van der Waals surface area contributed by atoms with Crippen molar-refractivity contribution in [1.82, 2.24) is 4.90 Å². The Morgan fingerprint density at radius 1 is 1.45 bits per heavy atom. The van der Waals surface area contributed by atoms with Gasteiger partial charge in [-0.25, -0.2) is 0 Å². The summed E-state index contributed by atoms with van der Waals surface area (Å²) < 4.78 is 11.3. The standard InChI is InChI=1S/C14H19BrN2O3/c1-10(14(18)17-5-7-20-8-6-17)16-11-3-4-13(19-2)12(15)9-11/h3-4,9-10,16H,5-8H2,1-2H3/t10-/m1/s1. The first kappa shape index (κ1) is 15.1. The SMILES string of the molecule is COc1ccc(N[C@H](C)C(=O)N2CCOCC2)cc1Br. The van der Waals surface area contributed by atoms with Crippen molar-refractivity contribution in [1.29, 1.82) is 0 Å². The summed E-state index contributed by atoms with van der Waals surface area (Å²) in [5.74, 6) is 0.864. The molecule has 2 rings (SSSR count). The highest BCUT2D eigenvalue weighted by molar-refractivity contribution is 9.10. The van der Waals surface area contributed by atoms with E-state index < -0.39 is 0 Å². The summed E-state index contributed by atoms with van der Waals surface area (Å²) in [5, 5.41) is 3.21. The molecule has 0 radical (unpaired) electrons. The largest absolute Gasteiger partial charge is 0.496 e. The van der Waals surface area contributed by atoms with E-state index in [0.29, 0.717) is 26.3 Å². The first-order valence-electron chi connectivity index (χ1n) is 6.58. The summed E-state index contributed by atoms with van der Waals surface area (Å²) in [6.07, 6.45) is 0. The smallest absolute Gasteiger partial charge is 0.244 e. The first-order chi connectivity index (χ1) is 9.61. The fourth-order valence-corrected chi connectivity index (χ4v) is 2.67. The summed E-state index contributed by atoms with van der Waals surface area (Å²) in [4.78, 5) is 14.1. The predicted molar refractivity (Wildman–Crippen MR) is 81.2 cm³/mol. The van der Waals surface area contributed by atoms with Crippen molar-refractivity contribution in [3.63, 3.8) is 0 Å². The van der Waals surface area contributed by atoms with E-state index in [1.54, 1.807) is 7.11 Å². The van der Waals surface area contributed by atoms with Crippen LogP contribution in [0.15, 0.2) is 22.7 Å². The lowest BCUT2D eigenvalue weighted by molar-refractivity contribution is -0.135. The number of anilines is 1. The Morgan fingerprint density at radius 2 is 2.15 bits per heavy atom. The summed E-state index contributed by atoms with van der Waals surface area (Å²) >= 11 is 3.43. The Morgan fingerprint density at radius 3 is 2.75 bits per heavy atom. The van der Waals surface area contributed by atoms with E-state index >= 15 is 0 Å². The van der Waals surface area contributed by atoms with Crippen LogP contribution in [0, 0.1) is 0 Å². The molecule has 5 nitrogen and oxygen atoms in total. The second-order valence-electron chi connectivity index (χ2n) is 4.65. The quantitative estimate of drug-likeness (QED) is 0.910. The zero-order valence-electron chi connectivity index (χ0n) is 11.7. The molecule has 110 valence electrons. The Balaban J connectivity index is 1.98. The van der Waals surface area contributed by atoms with Crippen LogP contribution in [0.4, 0.5) is 5.69 Å². The molecule has 0 aliphatic carbocycles. The number of ether oxygens (including phenoxy) is 2. The molecule has 1 aliphatic rings. The average molecular weight is 343 g/mol. The van der Waals surface area contributed by atoms with Gasteiger partial charge in [-0.15, -0.1) is 0 Å². The molecule has 0 saturated carbocycles. The third kappa shape index (κ3) is 3.64. The van der Waals surface area contributed by atoms with Gasteiger partial charge in [-0.05, 0) is 41.1 Å². The van der Waals surface area contributed by atoms with Crippen LogP contribution in [-0.4, -0.2) is 50.3 Å². The van der Waals surface area contributed by atoms with Crippen molar-refractivity contribution in [2.24, 2.45) is 0 Å². The molecule has 1 fully saturated rings. The average Bonchev–Trinajstić information content (AvgIpc) is 2.47. The molecule has 0 spiro atoms. The lowest BCUT2D eigenvalue weighted by Crippen LogP contribution is -2.46. The molecule has 1 amide bonds. The van der Waals surface area contributed by atoms with E-state index in [1.165, 1.54) is 0 Å². The van der Waals surface area contributed by atoms with E-state index in [1.807, 2.05) is 30.0 Å². The van der Waals surface area contributed by atoms with Gasteiger partial charge in [0, 0.05) is 18.8 Å². The maximum absolute atomic E-state index is 12.3. The number of nitrogens with zero attached hydrogens (tertiary/aromatic N) is 1. The second kappa shape index (κ2) is 6.95. The van der Waals surface area contributed by atoms with Gasteiger partial charge in [-0.1, -0.05) is 0 Å². The fraction of sp³-hybridized carbons (Fsp3) is 0.500. The van der Waals surface area contributed by atoms with Crippen molar-refractivity contribution in [2.75, 3.05) is 38.7 Å². The van der Waals surface area contributed by atoms with Crippen LogP contribution < -0.4 is 10.1 Å². The lowest BCUT2D eigenvalue weighted by atomic mass is 10.2. The molecule has 0 aromatic heterocycles. The Bertz CT molecular complexity index is 475. The minimum atomic E-state index is -0.270. The number of hydrogen-bond acceptors (Lipinski definition) is 4. The van der Waals surface area contributed by atoms with Crippen molar-refractivity contribution in [2.45, 2.75) is 13.0 Å². The van der Waals surface area contributed by atoms with E-state index in [0.717, 1.165) is 15.9 Å². The minimum absolute atomic E-state index is 0.0974. The molecule has 1 aliphatic heterocycles. The van der Waals surface area contributed by atoms with Gasteiger partial charge in [0.15, 0.2) is 0 Å². The van der Waals surface area contributed by atoms with Crippen LogP contribution in [-0.2, 0) is 9.53 Å². The highest BCUT2D eigenvalue weighted by Crippen LogP contribution is 2.28. The van der Waals surface area contributed by atoms with Gasteiger partial charge in [-0.3, -0.25) is 4.79 Å². The molecule has 0 unspecified atom stereocenters. The Labute approximate surface area is 127 Å². The van der Waals surface area contributed by atoms with Gasteiger partial charge in [0.2, 0.25) is 5.91 Å². The van der Waals surface area contributed by atoms with Crippen molar-refractivity contribution in [3.8, 4) is 5.75 Å². The molecule has 0 bridgehead atoms. The third-order valence-corrected chi connectivity index (χ3v) is 3.85. The van der Waals surface area contributed by atoms with Gasteiger partial charge < -0.3 is 19.7 Å². The normalized spacial score (nSPS) is 16.6. The number of nitrogens with one attached hydrogen (secondary N) is 1. The van der Waals surface area contributed by atoms with E-state index in [4.69, 9.17) is 9.47 Å². The van der Waals surface area contributed by atoms with Gasteiger partial charge in [-0.2, -0.15) is 0 Å². The topological polar surface area (TPSA) is 50.8 Å². The number of hydrogen-bond donors (Lipinski definition) is 1. The maximum Gasteiger partial charge on any atom is 0.244 e. The number of amides is 1. The number of halogens is 1.